The summed E-state index contributed by atoms with van der Waals surface area (Å²) >= 11 is 0. The molecule has 40 valence electrons. The van der Waals surface area contributed by atoms with E-state index in [2.05, 4.69) is 16.9 Å². The second kappa shape index (κ2) is 1.01. The van der Waals surface area contributed by atoms with E-state index in [1.165, 1.54) is 19.6 Å². The summed E-state index contributed by atoms with van der Waals surface area (Å²) < 4.78 is 0. The molecule has 0 aromatic rings. The van der Waals surface area contributed by atoms with E-state index in [0.717, 1.165) is 6.04 Å². The minimum absolute atomic E-state index is 0.855. The summed E-state index contributed by atoms with van der Waals surface area (Å²) in [5, 5.41) is 4.78. The number of rotatable bonds is 0. The second-order valence-corrected chi connectivity index (χ2v) is 2.42. The van der Waals surface area contributed by atoms with Crippen molar-refractivity contribution in [3.05, 3.63) is 0 Å². The Hall–Kier alpha value is -0.0800. The van der Waals surface area contributed by atoms with Crippen molar-refractivity contribution in [3.63, 3.8) is 0 Å². The van der Waals surface area contributed by atoms with Gasteiger partial charge in [-0.2, -0.15) is 0 Å². The topological polar surface area (TPSA) is 6.48 Å². The lowest BCUT2D eigenvalue weighted by atomic mass is 10.1. The molecule has 2 nitrogen and oxygen atoms in total. The van der Waals surface area contributed by atoms with Crippen LogP contribution in [0.2, 0.25) is 0 Å². The van der Waals surface area contributed by atoms with Crippen LogP contribution < -0.4 is 0 Å². The molecular weight excluding hydrogens is 88.1 g/mol. The Morgan fingerprint density at radius 2 is 2.29 bits per heavy atom. The van der Waals surface area contributed by atoms with Crippen molar-refractivity contribution in [2.45, 2.75) is 13.0 Å². The number of hydrogen-bond donors (Lipinski definition) is 0. The standard InChI is InChI=1S/C5H10N2/c1-5-4-6-2-3-7(5)6/h5H,2-4H2,1H3. The zero-order valence-electron chi connectivity index (χ0n) is 4.59. The zero-order valence-corrected chi connectivity index (χ0v) is 4.59. The number of piperazine rings is 1. The van der Waals surface area contributed by atoms with Gasteiger partial charge in [0.1, 0.15) is 0 Å². The van der Waals surface area contributed by atoms with Crippen molar-refractivity contribution in [1.29, 1.82) is 0 Å². The van der Waals surface area contributed by atoms with Gasteiger partial charge in [0.25, 0.3) is 0 Å². The Bertz CT molecular complexity index is 88.1. The molecule has 2 aliphatic heterocycles. The predicted molar refractivity (Wildman–Crippen MR) is 27.7 cm³/mol. The molecule has 7 heavy (non-hydrogen) atoms. The van der Waals surface area contributed by atoms with Crippen LogP contribution in [0.15, 0.2) is 0 Å². The van der Waals surface area contributed by atoms with E-state index in [4.69, 9.17) is 0 Å². The average Bonchev–Trinajstić information content (AvgIpc) is 1.59. The van der Waals surface area contributed by atoms with Crippen LogP contribution >= 0.6 is 0 Å². The fourth-order valence-electron chi connectivity index (χ4n) is 1.36. The Balaban J connectivity index is 1.99. The molecule has 0 aromatic carbocycles. The second-order valence-electron chi connectivity index (χ2n) is 2.42. The smallest absolute Gasteiger partial charge is 0.0359 e. The van der Waals surface area contributed by atoms with Gasteiger partial charge in [-0.25, -0.2) is 10.0 Å². The Kier molecular flexibility index (Phi) is 0.557. The molecule has 0 saturated carbocycles. The van der Waals surface area contributed by atoms with E-state index in [1.807, 2.05) is 0 Å². The van der Waals surface area contributed by atoms with Crippen molar-refractivity contribution in [2.75, 3.05) is 19.6 Å². The lowest BCUT2D eigenvalue weighted by Gasteiger charge is -2.57. The molecular formula is C5H10N2. The molecule has 2 fully saturated rings. The summed E-state index contributed by atoms with van der Waals surface area (Å²) in [6.07, 6.45) is 0. The maximum absolute atomic E-state index is 2.40. The van der Waals surface area contributed by atoms with Gasteiger partial charge in [0.15, 0.2) is 0 Å². The Labute approximate surface area is 43.7 Å². The van der Waals surface area contributed by atoms with E-state index < -0.39 is 0 Å². The third kappa shape index (κ3) is 0.318. The van der Waals surface area contributed by atoms with Gasteiger partial charge in [0, 0.05) is 25.7 Å². The predicted octanol–water partition coefficient (Wildman–Crippen LogP) is -0.0789. The molecule has 2 heterocycles. The molecule has 0 spiro atoms. The average molecular weight is 98.1 g/mol. The quantitative estimate of drug-likeness (QED) is 0.418. The molecule has 2 rings (SSSR count). The summed E-state index contributed by atoms with van der Waals surface area (Å²) in [7, 11) is 0. The van der Waals surface area contributed by atoms with Gasteiger partial charge in [-0.3, -0.25) is 0 Å². The highest BCUT2D eigenvalue weighted by atomic mass is 15.8. The molecule has 2 aliphatic rings. The van der Waals surface area contributed by atoms with Crippen LogP contribution in [0.25, 0.3) is 0 Å². The van der Waals surface area contributed by atoms with Crippen molar-refractivity contribution in [1.82, 2.24) is 10.0 Å². The van der Waals surface area contributed by atoms with Gasteiger partial charge in [0.2, 0.25) is 0 Å². The lowest BCUT2D eigenvalue weighted by molar-refractivity contribution is -0.227. The van der Waals surface area contributed by atoms with Gasteiger partial charge in [-0.1, -0.05) is 0 Å². The summed E-state index contributed by atoms with van der Waals surface area (Å²) in [5.41, 5.74) is 0. The highest BCUT2D eigenvalue weighted by molar-refractivity contribution is 4.86. The maximum atomic E-state index is 2.40. The summed E-state index contributed by atoms with van der Waals surface area (Å²) in [6, 6.07) is 0.855. The molecule has 2 saturated heterocycles. The molecule has 0 bridgehead atoms. The zero-order chi connectivity index (χ0) is 4.85. The minimum atomic E-state index is 0.855. The van der Waals surface area contributed by atoms with Crippen LogP contribution in [0.1, 0.15) is 6.92 Å². The Morgan fingerprint density at radius 3 is 2.29 bits per heavy atom. The van der Waals surface area contributed by atoms with Crippen molar-refractivity contribution in [3.8, 4) is 0 Å². The lowest BCUT2D eigenvalue weighted by Crippen LogP contribution is -2.72. The van der Waals surface area contributed by atoms with E-state index in [9.17, 15) is 0 Å². The first-order chi connectivity index (χ1) is 3.38. The molecule has 0 radical (unpaired) electrons. The van der Waals surface area contributed by atoms with Gasteiger partial charge in [-0.15, -0.1) is 0 Å². The Morgan fingerprint density at radius 1 is 1.43 bits per heavy atom. The minimum Gasteiger partial charge on any atom is -0.238 e. The number of fused-ring (bicyclic) bond motifs is 1. The molecule has 0 aliphatic carbocycles. The summed E-state index contributed by atoms with van der Waals surface area (Å²) in [4.78, 5) is 0. The highest BCUT2D eigenvalue weighted by Crippen LogP contribution is 2.23. The van der Waals surface area contributed by atoms with Crippen molar-refractivity contribution < 1.29 is 0 Å². The fraction of sp³-hybridized carbons (Fsp3) is 1.00. The summed E-state index contributed by atoms with van der Waals surface area (Å²) in [6.45, 7) is 6.20. The van der Waals surface area contributed by atoms with E-state index in [1.54, 1.807) is 0 Å². The van der Waals surface area contributed by atoms with Crippen LogP contribution in [-0.2, 0) is 0 Å². The van der Waals surface area contributed by atoms with Gasteiger partial charge in [0.05, 0.1) is 0 Å². The van der Waals surface area contributed by atoms with Crippen LogP contribution in [0.5, 0.6) is 0 Å². The third-order valence-electron chi connectivity index (χ3n) is 1.93. The largest absolute Gasteiger partial charge is 0.238 e. The van der Waals surface area contributed by atoms with E-state index in [-0.39, 0.29) is 0 Å². The molecule has 1 atom stereocenters. The molecule has 1 unspecified atom stereocenters. The SMILES string of the molecule is CC1CN2CCN12. The van der Waals surface area contributed by atoms with Crippen LogP contribution in [0.3, 0.4) is 0 Å². The first-order valence-electron chi connectivity index (χ1n) is 2.89. The van der Waals surface area contributed by atoms with Gasteiger partial charge in [-0.05, 0) is 6.92 Å². The number of nitrogens with zero attached hydrogens (tertiary/aromatic N) is 2. The normalized spacial score (nSPS) is 41.6. The van der Waals surface area contributed by atoms with Crippen molar-refractivity contribution >= 4 is 0 Å². The maximum Gasteiger partial charge on any atom is 0.0359 e. The molecule has 0 N–H and O–H groups in total. The van der Waals surface area contributed by atoms with Crippen LogP contribution in [0.4, 0.5) is 0 Å². The third-order valence-corrected chi connectivity index (χ3v) is 1.93. The molecule has 2 heteroatoms. The van der Waals surface area contributed by atoms with Crippen molar-refractivity contribution in [2.24, 2.45) is 0 Å². The van der Waals surface area contributed by atoms with E-state index in [0.29, 0.717) is 0 Å². The fourth-order valence-corrected chi connectivity index (χ4v) is 1.36. The van der Waals surface area contributed by atoms with Gasteiger partial charge >= 0.3 is 0 Å². The molecule has 0 aromatic heterocycles. The summed E-state index contributed by atoms with van der Waals surface area (Å²) in [5.74, 6) is 0. The first kappa shape index (κ1) is 3.87. The van der Waals surface area contributed by atoms with E-state index >= 15 is 0 Å². The highest BCUT2D eigenvalue weighted by Gasteiger charge is 2.39. The van der Waals surface area contributed by atoms with Gasteiger partial charge < -0.3 is 0 Å². The monoisotopic (exact) mass is 98.1 g/mol. The number of hydrogen-bond acceptors (Lipinski definition) is 2. The number of hydrazine groups is 1. The molecule has 0 amide bonds. The van der Waals surface area contributed by atoms with Crippen LogP contribution in [0, 0.1) is 0 Å². The first-order valence-corrected chi connectivity index (χ1v) is 2.89. The van der Waals surface area contributed by atoms with Crippen LogP contribution in [-0.4, -0.2) is 35.7 Å².